The zero-order valence-corrected chi connectivity index (χ0v) is 10.3. The van der Waals surface area contributed by atoms with Crippen LogP contribution >= 0.6 is 0 Å². The van der Waals surface area contributed by atoms with E-state index in [0.717, 1.165) is 5.92 Å². The SMILES string of the molecule is CC(C)(C)C12CC3CC(C1)C(O)C(C3)C2. The van der Waals surface area contributed by atoms with Gasteiger partial charge in [-0.1, -0.05) is 20.8 Å². The Morgan fingerprint density at radius 2 is 1.53 bits per heavy atom. The average Bonchev–Trinajstić information content (AvgIpc) is 2.10. The molecule has 86 valence electrons. The molecule has 0 aromatic heterocycles. The molecule has 0 radical (unpaired) electrons. The Bertz CT molecular complexity index is 260. The second-order valence-electron chi connectivity index (χ2n) is 7.49. The quantitative estimate of drug-likeness (QED) is 0.648. The molecule has 4 bridgehead atoms. The van der Waals surface area contributed by atoms with E-state index in [0.29, 0.717) is 22.7 Å². The summed E-state index contributed by atoms with van der Waals surface area (Å²) in [5.74, 6) is 2.20. The molecule has 4 aliphatic carbocycles. The highest BCUT2D eigenvalue weighted by Crippen LogP contribution is 2.65. The highest BCUT2D eigenvalue weighted by molar-refractivity contribution is 5.08. The summed E-state index contributed by atoms with van der Waals surface area (Å²) in [6.45, 7) is 7.23. The van der Waals surface area contributed by atoms with E-state index in [-0.39, 0.29) is 6.10 Å². The molecule has 0 amide bonds. The first-order valence-corrected chi connectivity index (χ1v) is 6.59. The summed E-state index contributed by atoms with van der Waals surface area (Å²) in [5.41, 5.74) is 0.992. The summed E-state index contributed by atoms with van der Waals surface area (Å²) < 4.78 is 0. The molecule has 0 aromatic carbocycles. The molecular formula is C14H24O. The monoisotopic (exact) mass is 208 g/mol. The van der Waals surface area contributed by atoms with Gasteiger partial charge in [-0.15, -0.1) is 0 Å². The van der Waals surface area contributed by atoms with Crippen LogP contribution in [0.25, 0.3) is 0 Å². The van der Waals surface area contributed by atoms with Crippen LogP contribution in [0.3, 0.4) is 0 Å². The van der Waals surface area contributed by atoms with E-state index in [1.807, 2.05) is 0 Å². The second kappa shape index (κ2) is 2.80. The van der Waals surface area contributed by atoms with Crippen LogP contribution in [-0.2, 0) is 0 Å². The maximum Gasteiger partial charge on any atom is 0.0597 e. The van der Waals surface area contributed by atoms with Gasteiger partial charge in [0.05, 0.1) is 6.10 Å². The molecule has 4 saturated carbocycles. The molecule has 2 atom stereocenters. The number of aliphatic hydroxyl groups excluding tert-OH is 1. The molecule has 15 heavy (non-hydrogen) atoms. The molecule has 0 saturated heterocycles. The fourth-order valence-corrected chi connectivity index (χ4v) is 4.92. The molecule has 4 aliphatic rings. The van der Waals surface area contributed by atoms with Crippen molar-refractivity contribution < 1.29 is 5.11 Å². The topological polar surface area (TPSA) is 20.2 Å². The Morgan fingerprint density at radius 3 is 2.00 bits per heavy atom. The summed E-state index contributed by atoms with van der Waals surface area (Å²) in [4.78, 5) is 0. The molecule has 0 aromatic rings. The van der Waals surface area contributed by atoms with Gasteiger partial charge in [-0.25, -0.2) is 0 Å². The van der Waals surface area contributed by atoms with E-state index in [2.05, 4.69) is 20.8 Å². The van der Waals surface area contributed by atoms with Crippen LogP contribution in [0.15, 0.2) is 0 Å². The molecule has 2 unspecified atom stereocenters. The third kappa shape index (κ3) is 1.25. The van der Waals surface area contributed by atoms with Crippen molar-refractivity contribution in [3.05, 3.63) is 0 Å². The van der Waals surface area contributed by atoms with Crippen molar-refractivity contribution in [1.82, 2.24) is 0 Å². The summed E-state index contributed by atoms with van der Waals surface area (Å²) in [5, 5.41) is 10.2. The Hall–Kier alpha value is -0.0400. The summed E-state index contributed by atoms with van der Waals surface area (Å²) in [6, 6.07) is 0. The van der Waals surface area contributed by atoms with Crippen LogP contribution < -0.4 is 0 Å². The first-order valence-electron chi connectivity index (χ1n) is 6.59. The van der Waals surface area contributed by atoms with Gasteiger partial charge in [-0.05, 0) is 60.7 Å². The highest BCUT2D eigenvalue weighted by atomic mass is 16.3. The Kier molecular flexibility index (Phi) is 1.89. The standard InChI is InChI=1S/C14H24O/c1-13(2,3)14-6-9-4-10(7-14)12(15)11(5-9)8-14/h9-12,15H,4-8H2,1-3H3. The zero-order chi connectivity index (χ0) is 10.8. The number of hydrogen-bond acceptors (Lipinski definition) is 1. The van der Waals surface area contributed by atoms with Crippen LogP contribution in [0.2, 0.25) is 0 Å². The second-order valence-corrected chi connectivity index (χ2v) is 7.49. The summed E-state index contributed by atoms with van der Waals surface area (Å²) in [6.07, 6.45) is 6.70. The fraction of sp³-hybridized carbons (Fsp3) is 1.00. The number of rotatable bonds is 0. The van der Waals surface area contributed by atoms with Crippen molar-refractivity contribution >= 4 is 0 Å². The third-order valence-corrected chi connectivity index (χ3v) is 5.81. The van der Waals surface area contributed by atoms with Crippen LogP contribution in [-0.4, -0.2) is 11.2 Å². The summed E-state index contributed by atoms with van der Waals surface area (Å²) >= 11 is 0. The zero-order valence-electron chi connectivity index (χ0n) is 10.3. The van der Waals surface area contributed by atoms with Crippen molar-refractivity contribution in [2.24, 2.45) is 28.6 Å². The molecule has 1 heteroatoms. The molecule has 0 heterocycles. The largest absolute Gasteiger partial charge is 0.393 e. The molecule has 1 nitrogen and oxygen atoms in total. The predicted octanol–water partition coefficient (Wildman–Crippen LogP) is 3.22. The van der Waals surface area contributed by atoms with Gasteiger partial charge in [-0.3, -0.25) is 0 Å². The lowest BCUT2D eigenvalue weighted by Gasteiger charge is -2.63. The fourth-order valence-electron chi connectivity index (χ4n) is 4.92. The minimum atomic E-state index is 0.0389. The van der Waals surface area contributed by atoms with Crippen LogP contribution in [0.4, 0.5) is 0 Å². The van der Waals surface area contributed by atoms with Crippen molar-refractivity contribution in [1.29, 1.82) is 0 Å². The van der Waals surface area contributed by atoms with Crippen LogP contribution in [0.5, 0.6) is 0 Å². The van der Waals surface area contributed by atoms with Gasteiger partial charge < -0.3 is 5.11 Å². The van der Waals surface area contributed by atoms with Gasteiger partial charge in [0.15, 0.2) is 0 Å². The number of aliphatic hydroxyl groups is 1. The van der Waals surface area contributed by atoms with E-state index >= 15 is 0 Å². The van der Waals surface area contributed by atoms with Crippen molar-refractivity contribution in [2.75, 3.05) is 0 Å². The smallest absolute Gasteiger partial charge is 0.0597 e. The maximum absolute atomic E-state index is 10.2. The highest BCUT2D eigenvalue weighted by Gasteiger charge is 2.58. The average molecular weight is 208 g/mol. The first kappa shape index (κ1) is 10.1. The first-order chi connectivity index (χ1) is 6.91. The minimum Gasteiger partial charge on any atom is -0.393 e. The van der Waals surface area contributed by atoms with Gasteiger partial charge in [0.1, 0.15) is 0 Å². The molecule has 4 rings (SSSR count). The van der Waals surface area contributed by atoms with E-state index in [9.17, 15) is 5.11 Å². The molecule has 0 aliphatic heterocycles. The minimum absolute atomic E-state index is 0.0389. The Morgan fingerprint density at radius 1 is 1.00 bits per heavy atom. The van der Waals surface area contributed by atoms with E-state index in [1.54, 1.807) is 0 Å². The van der Waals surface area contributed by atoms with Gasteiger partial charge in [0.2, 0.25) is 0 Å². The maximum atomic E-state index is 10.2. The molecule has 0 spiro atoms. The lowest BCUT2D eigenvalue weighted by Crippen LogP contribution is -2.57. The molecule has 1 N–H and O–H groups in total. The molecule has 4 fully saturated rings. The van der Waals surface area contributed by atoms with Crippen LogP contribution in [0.1, 0.15) is 52.9 Å². The van der Waals surface area contributed by atoms with E-state index in [4.69, 9.17) is 0 Å². The van der Waals surface area contributed by atoms with E-state index in [1.165, 1.54) is 32.1 Å². The van der Waals surface area contributed by atoms with E-state index < -0.39 is 0 Å². The Labute approximate surface area is 93.3 Å². The Balaban J connectivity index is 1.96. The lowest BCUT2D eigenvalue weighted by atomic mass is 9.43. The van der Waals surface area contributed by atoms with Gasteiger partial charge in [-0.2, -0.15) is 0 Å². The van der Waals surface area contributed by atoms with Gasteiger partial charge >= 0.3 is 0 Å². The van der Waals surface area contributed by atoms with Gasteiger partial charge in [0.25, 0.3) is 0 Å². The molecular weight excluding hydrogens is 184 g/mol. The van der Waals surface area contributed by atoms with Gasteiger partial charge in [0, 0.05) is 0 Å². The van der Waals surface area contributed by atoms with Crippen molar-refractivity contribution in [2.45, 2.75) is 59.0 Å². The third-order valence-electron chi connectivity index (χ3n) is 5.81. The number of hydrogen-bond donors (Lipinski definition) is 1. The van der Waals surface area contributed by atoms with Crippen LogP contribution in [0, 0.1) is 28.6 Å². The van der Waals surface area contributed by atoms with Crippen molar-refractivity contribution in [3.63, 3.8) is 0 Å². The van der Waals surface area contributed by atoms with Crippen molar-refractivity contribution in [3.8, 4) is 0 Å². The predicted molar refractivity (Wildman–Crippen MR) is 61.4 cm³/mol. The summed E-state index contributed by atoms with van der Waals surface area (Å²) in [7, 11) is 0. The lowest BCUT2D eigenvalue weighted by molar-refractivity contribution is -0.170. The normalized spacial score (nSPS) is 53.6.